The quantitative estimate of drug-likeness (QED) is 0.663. The van der Waals surface area contributed by atoms with E-state index in [1.54, 1.807) is 31.3 Å². The summed E-state index contributed by atoms with van der Waals surface area (Å²) < 4.78 is 4.79. The molecule has 92 valence electrons. The summed E-state index contributed by atoms with van der Waals surface area (Å²) in [5.41, 5.74) is 1.55. The van der Waals surface area contributed by atoms with E-state index in [0.29, 0.717) is 12.0 Å². The van der Waals surface area contributed by atoms with Gasteiger partial charge in [-0.05, 0) is 30.7 Å². The Hall–Kier alpha value is -2.36. The third-order valence-corrected chi connectivity index (χ3v) is 2.48. The van der Waals surface area contributed by atoms with Gasteiger partial charge in [0.2, 0.25) is 0 Å². The number of hydrogen-bond donors (Lipinski definition) is 1. The second-order valence-corrected chi connectivity index (χ2v) is 3.73. The number of rotatable bonds is 3. The lowest BCUT2D eigenvalue weighted by Crippen LogP contribution is -2.00. The van der Waals surface area contributed by atoms with Gasteiger partial charge in [-0.25, -0.2) is 4.79 Å². The minimum Gasteiger partial charge on any atom is -0.463 e. The van der Waals surface area contributed by atoms with Crippen LogP contribution in [-0.4, -0.2) is 17.6 Å². The van der Waals surface area contributed by atoms with Gasteiger partial charge in [-0.1, -0.05) is 6.07 Å². The molecule has 4 heteroatoms. The van der Waals surface area contributed by atoms with E-state index in [4.69, 9.17) is 4.74 Å². The molecule has 1 N–H and O–H groups in total. The highest BCUT2D eigenvalue weighted by Gasteiger charge is 1.99. The molecule has 0 atom stereocenters. The number of ether oxygens (including phenoxy) is 1. The number of carbonyl (C=O) groups excluding carboxylic acids is 1. The fourth-order valence-electron chi connectivity index (χ4n) is 1.65. The molecule has 0 radical (unpaired) electrons. The molecule has 2 rings (SSSR count). The van der Waals surface area contributed by atoms with Crippen LogP contribution in [0, 0.1) is 0 Å². The van der Waals surface area contributed by atoms with Crippen molar-refractivity contribution in [1.29, 1.82) is 0 Å². The smallest absolute Gasteiger partial charge is 0.330 e. The zero-order valence-corrected chi connectivity index (χ0v) is 9.97. The van der Waals surface area contributed by atoms with Crippen LogP contribution in [0.25, 0.3) is 17.0 Å². The second kappa shape index (κ2) is 5.31. The molecule has 0 saturated heterocycles. The zero-order valence-electron chi connectivity index (χ0n) is 9.97. The molecule has 0 aliphatic carbocycles. The van der Waals surface area contributed by atoms with Crippen LogP contribution in [0.4, 0.5) is 0 Å². The van der Waals surface area contributed by atoms with E-state index in [1.807, 2.05) is 6.07 Å². The van der Waals surface area contributed by atoms with Crippen LogP contribution in [0.3, 0.4) is 0 Å². The molecular weight excluding hydrogens is 230 g/mol. The van der Waals surface area contributed by atoms with Crippen molar-refractivity contribution in [2.24, 2.45) is 0 Å². The molecule has 0 unspecified atom stereocenters. The first-order valence-corrected chi connectivity index (χ1v) is 5.67. The number of nitrogens with one attached hydrogen (secondary N) is 1. The molecule has 18 heavy (non-hydrogen) atoms. The lowest BCUT2D eigenvalue weighted by molar-refractivity contribution is -0.137. The van der Waals surface area contributed by atoms with Gasteiger partial charge in [0.15, 0.2) is 5.43 Å². The average molecular weight is 243 g/mol. The third kappa shape index (κ3) is 2.66. The van der Waals surface area contributed by atoms with Gasteiger partial charge < -0.3 is 9.72 Å². The maximum atomic E-state index is 11.5. The minimum atomic E-state index is -0.376. The summed E-state index contributed by atoms with van der Waals surface area (Å²) in [6.07, 6.45) is 4.62. The van der Waals surface area contributed by atoms with E-state index in [9.17, 15) is 9.59 Å². The Morgan fingerprint density at radius 1 is 1.39 bits per heavy atom. The Bertz CT molecular complexity index is 655. The van der Waals surface area contributed by atoms with E-state index in [1.165, 1.54) is 12.1 Å². The molecule has 0 saturated carbocycles. The highest BCUT2D eigenvalue weighted by atomic mass is 16.5. The molecule has 0 bridgehead atoms. The highest BCUT2D eigenvalue weighted by Crippen LogP contribution is 2.11. The number of aromatic nitrogens is 1. The lowest BCUT2D eigenvalue weighted by atomic mass is 10.1. The van der Waals surface area contributed by atoms with E-state index in [-0.39, 0.29) is 11.4 Å². The van der Waals surface area contributed by atoms with Gasteiger partial charge >= 0.3 is 5.97 Å². The van der Waals surface area contributed by atoms with Crippen molar-refractivity contribution in [3.05, 3.63) is 52.3 Å². The van der Waals surface area contributed by atoms with Crippen LogP contribution in [0.15, 0.2) is 41.3 Å². The van der Waals surface area contributed by atoms with Gasteiger partial charge in [-0.15, -0.1) is 0 Å². The van der Waals surface area contributed by atoms with Crippen LogP contribution in [-0.2, 0) is 9.53 Å². The average Bonchev–Trinajstić information content (AvgIpc) is 2.37. The fraction of sp³-hybridized carbons (Fsp3) is 0.143. The first-order chi connectivity index (χ1) is 8.70. The molecule has 4 nitrogen and oxygen atoms in total. The molecule has 1 aromatic heterocycles. The summed E-state index contributed by atoms with van der Waals surface area (Å²) in [7, 11) is 0. The predicted molar refractivity (Wildman–Crippen MR) is 70.2 cm³/mol. The van der Waals surface area contributed by atoms with Crippen molar-refractivity contribution < 1.29 is 9.53 Å². The summed E-state index contributed by atoms with van der Waals surface area (Å²) in [5, 5.41) is 0.630. The fourth-order valence-corrected chi connectivity index (χ4v) is 1.65. The van der Waals surface area contributed by atoms with Crippen molar-refractivity contribution in [2.75, 3.05) is 6.61 Å². The molecule has 0 fully saturated rings. The summed E-state index contributed by atoms with van der Waals surface area (Å²) in [4.78, 5) is 25.7. The Kier molecular flexibility index (Phi) is 3.57. The van der Waals surface area contributed by atoms with Crippen molar-refractivity contribution in [3.63, 3.8) is 0 Å². The molecular formula is C14H13NO3. The normalized spacial score (nSPS) is 10.9. The first-order valence-electron chi connectivity index (χ1n) is 5.67. The van der Waals surface area contributed by atoms with Gasteiger partial charge in [0.25, 0.3) is 0 Å². The van der Waals surface area contributed by atoms with Gasteiger partial charge in [-0.2, -0.15) is 0 Å². The Morgan fingerprint density at radius 2 is 2.22 bits per heavy atom. The van der Waals surface area contributed by atoms with E-state index in [0.717, 1.165) is 11.1 Å². The monoisotopic (exact) mass is 243 g/mol. The molecule has 0 amide bonds. The highest BCUT2D eigenvalue weighted by molar-refractivity contribution is 5.88. The Morgan fingerprint density at radius 3 is 3.00 bits per heavy atom. The van der Waals surface area contributed by atoms with Crippen LogP contribution in [0.5, 0.6) is 0 Å². The number of H-pyrrole nitrogens is 1. The number of hydrogen-bond acceptors (Lipinski definition) is 3. The van der Waals surface area contributed by atoms with Crippen molar-refractivity contribution >= 4 is 22.9 Å². The Balaban J connectivity index is 2.31. The van der Waals surface area contributed by atoms with Gasteiger partial charge in [-0.3, -0.25) is 4.79 Å². The zero-order chi connectivity index (χ0) is 13.0. The SMILES string of the molecule is CCOC(=O)C=Cc1ccc2c(=O)cc[nH]c2c1. The Labute approximate surface area is 104 Å². The van der Waals surface area contributed by atoms with E-state index >= 15 is 0 Å². The lowest BCUT2D eigenvalue weighted by Gasteiger charge is -1.99. The first kappa shape index (κ1) is 12.1. The maximum absolute atomic E-state index is 11.5. The number of fused-ring (bicyclic) bond motifs is 1. The van der Waals surface area contributed by atoms with E-state index in [2.05, 4.69) is 4.98 Å². The molecule has 2 aromatic rings. The van der Waals surface area contributed by atoms with Crippen molar-refractivity contribution in [2.45, 2.75) is 6.92 Å². The van der Waals surface area contributed by atoms with Crippen molar-refractivity contribution in [3.8, 4) is 0 Å². The number of benzene rings is 1. The second-order valence-electron chi connectivity index (χ2n) is 3.73. The van der Waals surface area contributed by atoms with Crippen molar-refractivity contribution in [1.82, 2.24) is 4.98 Å². The maximum Gasteiger partial charge on any atom is 0.330 e. The van der Waals surface area contributed by atoms with Crippen LogP contribution in [0.2, 0.25) is 0 Å². The largest absolute Gasteiger partial charge is 0.463 e. The summed E-state index contributed by atoms with van der Waals surface area (Å²) in [5.74, 6) is -0.376. The van der Waals surface area contributed by atoms with Gasteiger partial charge in [0, 0.05) is 29.2 Å². The molecule has 0 aliphatic heterocycles. The molecule has 0 aliphatic rings. The minimum absolute atomic E-state index is 0.0235. The van der Waals surface area contributed by atoms with Gasteiger partial charge in [0.05, 0.1) is 6.61 Å². The number of carbonyl (C=O) groups is 1. The predicted octanol–water partition coefficient (Wildman–Crippen LogP) is 2.10. The summed E-state index contributed by atoms with van der Waals surface area (Å²) >= 11 is 0. The topological polar surface area (TPSA) is 59.2 Å². The number of aromatic amines is 1. The standard InChI is InChI=1S/C14H13NO3/c1-2-18-14(17)6-4-10-3-5-11-12(9-10)15-8-7-13(11)16/h3-9H,2H2,1H3,(H,15,16). The number of esters is 1. The third-order valence-electron chi connectivity index (χ3n) is 2.48. The summed E-state index contributed by atoms with van der Waals surface area (Å²) in [6.45, 7) is 2.11. The summed E-state index contributed by atoms with van der Waals surface area (Å²) in [6, 6.07) is 6.81. The van der Waals surface area contributed by atoms with Crippen LogP contribution in [0.1, 0.15) is 12.5 Å². The molecule has 0 spiro atoms. The van der Waals surface area contributed by atoms with E-state index < -0.39 is 0 Å². The van der Waals surface area contributed by atoms with Crippen LogP contribution < -0.4 is 5.43 Å². The number of pyridine rings is 1. The molecule has 1 aromatic carbocycles. The van der Waals surface area contributed by atoms with Crippen LogP contribution >= 0.6 is 0 Å². The van der Waals surface area contributed by atoms with Gasteiger partial charge in [0.1, 0.15) is 0 Å². The molecule has 1 heterocycles.